The molecule has 0 bridgehead atoms. The molecule has 0 radical (unpaired) electrons. The molecule has 34 heavy (non-hydrogen) atoms. The number of carbonyl (C=O) groups is 2. The summed E-state index contributed by atoms with van der Waals surface area (Å²) in [5, 5.41) is 0.564. The van der Waals surface area contributed by atoms with Crippen LogP contribution in [0.5, 0.6) is 0 Å². The molecule has 2 heterocycles. The number of rotatable bonds is 6. The highest BCUT2D eigenvalue weighted by molar-refractivity contribution is 7.90. The first-order valence-corrected chi connectivity index (χ1v) is 11.7. The normalized spacial score (nSPS) is 12.3. The van der Waals surface area contributed by atoms with E-state index in [1.807, 2.05) is 0 Å². The number of aryl methyl sites for hydroxylation is 1. The van der Waals surface area contributed by atoms with Gasteiger partial charge in [-0.2, -0.15) is 0 Å². The van der Waals surface area contributed by atoms with Crippen molar-refractivity contribution in [1.82, 2.24) is 8.54 Å². The van der Waals surface area contributed by atoms with Crippen LogP contribution in [0.1, 0.15) is 11.4 Å². The van der Waals surface area contributed by atoms with Gasteiger partial charge >= 0.3 is 11.9 Å². The van der Waals surface area contributed by atoms with Crippen molar-refractivity contribution in [2.24, 2.45) is 7.05 Å². The van der Waals surface area contributed by atoms with Gasteiger partial charge in [-0.25, -0.2) is 22.0 Å². The summed E-state index contributed by atoms with van der Waals surface area (Å²) < 4.78 is 40.4. The quantitative estimate of drug-likeness (QED) is 0.311. The van der Waals surface area contributed by atoms with Crippen LogP contribution in [-0.4, -0.2) is 43.1 Å². The number of esters is 2. The maximum Gasteiger partial charge on any atom is 0.340 e. The minimum Gasteiger partial charge on any atom is -0.465 e. The Morgan fingerprint density at radius 3 is 1.94 bits per heavy atom. The molecular weight excluding hydrogens is 456 g/mol. The molecule has 0 unspecified atom stereocenters. The van der Waals surface area contributed by atoms with E-state index >= 15 is 0 Å². The van der Waals surface area contributed by atoms with Crippen LogP contribution >= 0.6 is 0 Å². The molecule has 0 saturated carbocycles. The predicted molar refractivity (Wildman–Crippen MR) is 127 cm³/mol. The second kappa shape index (κ2) is 9.03. The van der Waals surface area contributed by atoms with Crippen LogP contribution in [0.3, 0.4) is 0 Å². The van der Waals surface area contributed by atoms with Crippen LogP contribution in [0.15, 0.2) is 83.9 Å². The molecule has 0 spiro atoms. The molecule has 4 rings (SSSR count). The number of ether oxygens (including phenoxy) is 2. The molecule has 0 aliphatic carbocycles. The summed E-state index contributed by atoms with van der Waals surface area (Å²) in [7, 11) is -0.112. The molecule has 0 amide bonds. The Labute approximate surface area is 196 Å². The molecule has 0 fully saturated rings. The Morgan fingerprint density at radius 1 is 0.765 bits per heavy atom. The minimum atomic E-state index is -4.17. The van der Waals surface area contributed by atoms with Gasteiger partial charge in [-0.1, -0.05) is 36.4 Å². The fourth-order valence-electron chi connectivity index (χ4n) is 3.86. The zero-order valence-electron chi connectivity index (χ0n) is 18.8. The van der Waals surface area contributed by atoms with Crippen molar-refractivity contribution < 1.29 is 27.5 Å². The standard InChI is InChI=1S/C25H22N2O6S/c1-26-15-9-14-20(26)22(24(28)32-2)23(25(29)33-3)21-16-17-10-7-8-13-19(17)27(21)34(30,31)18-11-5-4-6-12-18/h4-16H,1-3H3/b23-22-. The third-order valence-electron chi connectivity index (χ3n) is 5.43. The monoisotopic (exact) mass is 478 g/mol. The average Bonchev–Trinajstić information content (AvgIpc) is 3.45. The molecule has 0 aliphatic rings. The van der Waals surface area contributed by atoms with E-state index in [9.17, 15) is 18.0 Å². The first-order valence-electron chi connectivity index (χ1n) is 10.2. The van der Waals surface area contributed by atoms with Gasteiger partial charge in [0.05, 0.1) is 41.6 Å². The number of para-hydroxylation sites is 1. The fraction of sp³-hybridized carbons (Fsp3) is 0.120. The third-order valence-corrected chi connectivity index (χ3v) is 7.18. The number of nitrogens with zero attached hydrogens (tertiary/aromatic N) is 2. The largest absolute Gasteiger partial charge is 0.465 e. The van der Waals surface area contributed by atoms with Crippen LogP contribution in [-0.2, 0) is 36.1 Å². The topological polar surface area (TPSA) is 96.6 Å². The van der Waals surface area contributed by atoms with Crippen LogP contribution in [0, 0.1) is 0 Å². The molecule has 174 valence electrons. The molecular formula is C25H22N2O6S. The summed E-state index contributed by atoms with van der Waals surface area (Å²) in [6.45, 7) is 0. The van der Waals surface area contributed by atoms with Crippen molar-refractivity contribution in [2.75, 3.05) is 14.2 Å². The molecule has 0 atom stereocenters. The second-order valence-corrected chi connectivity index (χ2v) is 9.20. The first-order chi connectivity index (χ1) is 16.3. The van der Waals surface area contributed by atoms with E-state index in [4.69, 9.17) is 9.47 Å². The van der Waals surface area contributed by atoms with Crippen LogP contribution in [0.25, 0.3) is 22.0 Å². The van der Waals surface area contributed by atoms with E-state index < -0.39 is 22.0 Å². The summed E-state index contributed by atoms with van der Waals surface area (Å²) >= 11 is 0. The Hall–Kier alpha value is -4.11. The molecule has 0 N–H and O–H groups in total. The van der Waals surface area contributed by atoms with Crippen molar-refractivity contribution in [1.29, 1.82) is 0 Å². The number of hydrogen-bond donors (Lipinski definition) is 0. The number of aromatic nitrogens is 2. The van der Waals surface area contributed by atoms with Gasteiger partial charge in [0.1, 0.15) is 5.57 Å². The van der Waals surface area contributed by atoms with Gasteiger partial charge in [0, 0.05) is 18.6 Å². The maximum absolute atomic E-state index is 13.8. The lowest BCUT2D eigenvalue weighted by Crippen LogP contribution is -2.21. The fourth-order valence-corrected chi connectivity index (χ4v) is 5.40. The molecule has 9 heteroatoms. The maximum atomic E-state index is 13.8. The van der Waals surface area contributed by atoms with E-state index in [1.165, 1.54) is 26.4 Å². The number of carbonyl (C=O) groups excluding carboxylic acids is 2. The molecule has 0 aliphatic heterocycles. The Balaban J connectivity index is 2.19. The minimum absolute atomic E-state index is 0.0153. The van der Waals surface area contributed by atoms with Gasteiger partial charge in [0.2, 0.25) is 0 Å². The Bertz CT molecular complexity index is 1530. The smallest absolute Gasteiger partial charge is 0.340 e. The number of methoxy groups -OCH3 is 2. The predicted octanol–water partition coefficient (Wildman–Crippen LogP) is 3.47. The van der Waals surface area contributed by atoms with E-state index in [1.54, 1.807) is 78.5 Å². The van der Waals surface area contributed by atoms with E-state index in [-0.39, 0.29) is 21.7 Å². The van der Waals surface area contributed by atoms with Gasteiger partial charge in [-0.3, -0.25) is 0 Å². The highest BCUT2D eigenvalue weighted by Gasteiger charge is 2.33. The molecule has 2 aromatic heterocycles. The molecule has 2 aromatic carbocycles. The van der Waals surface area contributed by atoms with Crippen LogP contribution < -0.4 is 0 Å². The van der Waals surface area contributed by atoms with Gasteiger partial charge < -0.3 is 14.0 Å². The first kappa shape index (κ1) is 23.1. The van der Waals surface area contributed by atoms with Gasteiger partial charge in [0.25, 0.3) is 10.0 Å². The highest BCUT2D eigenvalue weighted by Crippen LogP contribution is 2.35. The lowest BCUT2D eigenvalue weighted by atomic mass is 10.0. The van der Waals surface area contributed by atoms with E-state index in [2.05, 4.69) is 0 Å². The van der Waals surface area contributed by atoms with Gasteiger partial charge in [0.15, 0.2) is 0 Å². The van der Waals surface area contributed by atoms with Crippen molar-refractivity contribution in [3.05, 3.63) is 90.4 Å². The average molecular weight is 479 g/mol. The summed E-state index contributed by atoms with van der Waals surface area (Å²) in [5.41, 5.74) is 0.347. The van der Waals surface area contributed by atoms with E-state index in [0.717, 1.165) is 3.97 Å². The van der Waals surface area contributed by atoms with Crippen molar-refractivity contribution in [2.45, 2.75) is 4.90 Å². The Kier molecular flexibility index (Phi) is 6.12. The number of benzene rings is 2. The second-order valence-electron chi connectivity index (χ2n) is 7.41. The van der Waals surface area contributed by atoms with Crippen molar-refractivity contribution in [3.8, 4) is 0 Å². The molecule has 8 nitrogen and oxygen atoms in total. The summed E-state index contributed by atoms with van der Waals surface area (Å²) in [4.78, 5) is 26.2. The Morgan fingerprint density at radius 2 is 1.35 bits per heavy atom. The van der Waals surface area contributed by atoms with Gasteiger partial charge in [-0.05, 0) is 36.4 Å². The SMILES string of the molecule is COC(=O)/C(=C(\C(=O)OC)c1cc2ccccc2n1S(=O)(=O)c1ccccc1)c1cccn1C. The lowest BCUT2D eigenvalue weighted by molar-refractivity contribution is -0.136. The summed E-state index contributed by atoms with van der Waals surface area (Å²) in [6, 6.07) is 19.6. The summed E-state index contributed by atoms with van der Waals surface area (Å²) in [6.07, 6.45) is 1.70. The van der Waals surface area contributed by atoms with Crippen molar-refractivity contribution >= 4 is 44.0 Å². The van der Waals surface area contributed by atoms with Crippen LogP contribution in [0.4, 0.5) is 0 Å². The number of hydrogen-bond acceptors (Lipinski definition) is 6. The lowest BCUT2D eigenvalue weighted by Gasteiger charge is -2.17. The summed E-state index contributed by atoms with van der Waals surface area (Å²) in [5.74, 6) is -1.69. The zero-order valence-corrected chi connectivity index (χ0v) is 19.6. The van der Waals surface area contributed by atoms with E-state index in [0.29, 0.717) is 16.6 Å². The number of fused-ring (bicyclic) bond motifs is 1. The third kappa shape index (κ3) is 3.80. The molecule has 0 saturated heterocycles. The highest BCUT2D eigenvalue weighted by atomic mass is 32.2. The van der Waals surface area contributed by atoms with Gasteiger partial charge in [-0.15, -0.1) is 0 Å². The van der Waals surface area contributed by atoms with Crippen molar-refractivity contribution in [3.63, 3.8) is 0 Å². The van der Waals surface area contributed by atoms with Crippen LogP contribution in [0.2, 0.25) is 0 Å². The molecule has 4 aromatic rings. The zero-order chi connectivity index (χ0) is 24.5.